The number of hydrogen-bond donors (Lipinski definition) is 0. The van der Waals surface area contributed by atoms with Crippen LogP contribution in [0.1, 0.15) is 18.1 Å². The van der Waals surface area contributed by atoms with Gasteiger partial charge in [0.25, 0.3) is 31.0 Å². The molecule has 0 bridgehead atoms. The van der Waals surface area contributed by atoms with Crippen LogP contribution < -0.4 is 19.6 Å². The second kappa shape index (κ2) is 9.61. The fraction of sp³-hybridized carbons (Fsp3) is 0.0588. The summed E-state index contributed by atoms with van der Waals surface area (Å²) in [6, 6.07) is 28.4. The molecule has 1 atom stereocenters. The number of hydrogen-bond acceptors (Lipinski definition) is 6. The molecule has 8 nitrogen and oxygen atoms in total. The number of para-hydroxylation sites is 1. The third-order valence-corrected chi connectivity index (χ3v) is 11.4. The fourth-order valence-electron chi connectivity index (χ4n) is 5.93. The average molecular weight is 587 g/mol. The summed E-state index contributed by atoms with van der Waals surface area (Å²) >= 11 is 0. The van der Waals surface area contributed by atoms with E-state index >= 15 is 4.57 Å². The second-order valence-electron chi connectivity index (χ2n) is 10.5. The standard InChI is InChI=1S/C34H23N2O6P/c1-34(22-10-14-24(15-11-22)35-30(37)18-19-31(35)38,23-12-16-25(17-13-23)36-32(39)20-21-33(36)40)43(41)29-9-5-3-7-27(29)26-6-2-4-8-28(26)42-43/h2-21H,1H3. The minimum absolute atomic E-state index is 0.383. The molecule has 0 spiro atoms. The van der Waals surface area contributed by atoms with Crippen molar-refractivity contribution in [3.05, 3.63) is 132 Å². The van der Waals surface area contributed by atoms with Gasteiger partial charge in [0.2, 0.25) is 0 Å². The number of rotatable bonds is 5. The van der Waals surface area contributed by atoms with Crippen LogP contribution in [0.25, 0.3) is 11.1 Å². The lowest BCUT2D eigenvalue weighted by Crippen LogP contribution is -2.35. The molecule has 3 aliphatic rings. The molecule has 4 amide bonds. The first-order valence-corrected chi connectivity index (χ1v) is 15.2. The molecule has 4 aromatic carbocycles. The molecule has 9 heteroatoms. The summed E-state index contributed by atoms with van der Waals surface area (Å²) in [6.07, 6.45) is 4.87. The largest absolute Gasteiger partial charge is 0.438 e. The van der Waals surface area contributed by atoms with Gasteiger partial charge in [-0.1, -0.05) is 60.7 Å². The molecule has 3 aliphatic heterocycles. The van der Waals surface area contributed by atoms with Crippen LogP contribution in [0.15, 0.2) is 121 Å². The van der Waals surface area contributed by atoms with Crippen molar-refractivity contribution in [3.63, 3.8) is 0 Å². The van der Waals surface area contributed by atoms with Crippen LogP contribution in [0.2, 0.25) is 0 Å². The van der Waals surface area contributed by atoms with E-state index in [0.29, 0.717) is 33.6 Å². The van der Waals surface area contributed by atoms with E-state index in [1.807, 2.05) is 49.4 Å². The normalized spacial score (nSPS) is 19.1. The van der Waals surface area contributed by atoms with Crippen LogP contribution in [-0.2, 0) is 28.9 Å². The van der Waals surface area contributed by atoms with Crippen molar-refractivity contribution in [2.45, 2.75) is 12.1 Å². The number of carbonyl (C=O) groups excluding carboxylic acids is 4. The first kappa shape index (κ1) is 26.6. The molecule has 7 rings (SSSR count). The van der Waals surface area contributed by atoms with Gasteiger partial charge in [0.1, 0.15) is 10.9 Å². The average Bonchev–Trinajstić information content (AvgIpc) is 3.55. The van der Waals surface area contributed by atoms with E-state index in [1.54, 1.807) is 54.6 Å². The van der Waals surface area contributed by atoms with Crippen LogP contribution in [0.3, 0.4) is 0 Å². The Balaban J connectivity index is 1.41. The summed E-state index contributed by atoms with van der Waals surface area (Å²) in [6.45, 7) is 1.84. The summed E-state index contributed by atoms with van der Waals surface area (Å²) in [5.74, 6) is -1.27. The van der Waals surface area contributed by atoms with E-state index in [4.69, 9.17) is 4.52 Å². The van der Waals surface area contributed by atoms with Crippen LogP contribution in [0.4, 0.5) is 11.4 Å². The predicted octanol–water partition coefficient (Wildman–Crippen LogP) is 5.47. The maximum absolute atomic E-state index is 15.7. The van der Waals surface area contributed by atoms with Crippen molar-refractivity contribution < 1.29 is 28.3 Å². The lowest BCUT2D eigenvalue weighted by molar-refractivity contribution is -0.121. The van der Waals surface area contributed by atoms with E-state index in [-0.39, 0.29) is 0 Å². The van der Waals surface area contributed by atoms with Gasteiger partial charge in [0.05, 0.1) is 16.7 Å². The van der Waals surface area contributed by atoms with Gasteiger partial charge in [-0.3, -0.25) is 23.7 Å². The van der Waals surface area contributed by atoms with Crippen LogP contribution in [0.5, 0.6) is 5.75 Å². The number of carbonyl (C=O) groups is 4. The molecule has 210 valence electrons. The number of benzene rings is 4. The van der Waals surface area contributed by atoms with E-state index < -0.39 is 36.2 Å². The number of amides is 4. The Morgan fingerprint density at radius 3 is 1.47 bits per heavy atom. The minimum Gasteiger partial charge on any atom is -0.438 e. The SMILES string of the molecule is CC(c1ccc(N2C(=O)C=CC2=O)cc1)(c1ccc(N2C(=O)C=CC2=O)cc1)P1(=O)Oc2ccccc2-c2ccccc21. The van der Waals surface area contributed by atoms with Gasteiger partial charge in [0, 0.05) is 29.9 Å². The van der Waals surface area contributed by atoms with Gasteiger partial charge in [-0.25, -0.2) is 9.80 Å². The molecular weight excluding hydrogens is 563 g/mol. The topological polar surface area (TPSA) is 101 Å². The lowest BCUT2D eigenvalue weighted by atomic mass is 9.91. The van der Waals surface area contributed by atoms with Crippen LogP contribution in [-0.4, -0.2) is 23.6 Å². The maximum Gasteiger partial charge on any atom is 0.292 e. The zero-order valence-electron chi connectivity index (χ0n) is 22.8. The van der Waals surface area contributed by atoms with Crippen LogP contribution in [0, 0.1) is 0 Å². The van der Waals surface area contributed by atoms with Crippen molar-refractivity contribution in [1.82, 2.24) is 0 Å². The highest BCUT2D eigenvalue weighted by molar-refractivity contribution is 7.69. The molecule has 0 saturated heterocycles. The molecule has 3 heterocycles. The summed E-state index contributed by atoms with van der Waals surface area (Å²) < 4.78 is 22.2. The zero-order valence-corrected chi connectivity index (χ0v) is 23.7. The molecule has 0 aliphatic carbocycles. The van der Waals surface area contributed by atoms with Crippen molar-refractivity contribution in [3.8, 4) is 16.9 Å². The maximum atomic E-state index is 15.7. The van der Waals surface area contributed by atoms with Gasteiger partial charge >= 0.3 is 0 Å². The zero-order chi connectivity index (χ0) is 29.9. The highest BCUT2D eigenvalue weighted by atomic mass is 31.2. The van der Waals surface area contributed by atoms with Crippen molar-refractivity contribution in [1.29, 1.82) is 0 Å². The quantitative estimate of drug-likeness (QED) is 0.227. The molecule has 1 unspecified atom stereocenters. The second-order valence-corrected chi connectivity index (χ2v) is 13.2. The Labute approximate surface area is 247 Å². The molecule has 43 heavy (non-hydrogen) atoms. The molecule has 4 aromatic rings. The van der Waals surface area contributed by atoms with Gasteiger partial charge < -0.3 is 4.52 Å². The first-order valence-electron chi connectivity index (χ1n) is 13.5. The number of imide groups is 2. The van der Waals surface area contributed by atoms with Gasteiger partial charge in [-0.2, -0.15) is 0 Å². The van der Waals surface area contributed by atoms with E-state index in [0.717, 1.165) is 20.9 Å². The van der Waals surface area contributed by atoms with Crippen LogP contribution >= 0.6 is 7.37 Å². The Morgan fingerprint density at radius 1 is 0.558 bits per heavy atom. The molecule has 0 N–H and O–H groups in total. The Hall–Kier alpha value is -5.33. The molecule has 0 radical (unpaired) electrons. The van der Waals surface area contributed by atoms with Crippen molar-refractivity contribution in [2.75, 3.05) is 9.80 Å². The fourth-order valence-corrected chi connectivity index (χ4v) is 8.90. The first-order chi connectivity index (χ1) is 20.7. The Morgan fingerprint density at radius 2 is 0.977 bits per heavy atom. The molecular formula is C34H23N2O6P. The molecule has 0 saturated carbocycles. The lowest BCUT2D eigenvalue weighted by Gasteiger charge is -2.41. The third kappa shape index (κ3) is 3.87. The summed E-state index contributed by atoms with van der Waals surface area (Å²) in [4.78, 5) is 51.4. The summed E-state index contributed by atoms with van der Waals surface area (Å²) in [5, 5.41) is -0.741. The van der Waals surface area contributed by atoms with Gasteiger partial charge in [-0.05, 0) is 60.0 Å². The van der Waals surface area contributed by atoms with E-state index in [1.165, 1.54) is 24.3 Å². The third-order valence-electron chi connectivity index (χ3n) is 8.21. The predicted molar refractivity (Wildman–Crippen MR) is 162 cm³/mol. The smallest absolute Gasteiger partial charge is 0.292 e. The van der Waals surface area contributed by atoms with E-state index in [9.17, 15) is 19.2 Å². The van der Waals surface area contributed by atoms with Gasteiger partial charge in [0.15, 0.2) is 0 Å². The highest BCUT2D eigenvalue weighted by Gasteiger charge is 2.53. The summed E-state index contributed by atoms with van der Waals surface area (Å²) in [5.41, 5.74) is 3.62. The number of nitrogens with zero attached hydrogens (tertiary/aromatic N) is 2. The monoisotopic (exact) mass is 586 g/mol. The molecule has 0 aromatic heterocycles. The van der Waals surface area contributed by atoms with Crippen molar-refractivity contribution >= 4 is 47.7 Å². The number of fused-ring (bicyclic) bond motifs is 3. The number of anilines is 2. The Kier molecular flexibility index (Phi) is 5.94. The van der Waals surface area contributed by atoms with Gasteiger partial charge in [-0.15, -0.1) is 0 Å². The highest BCUT2D eigenvalue weighted by Crippen LogP contribution is 2.69. The van der Waals surface area contributed by atoms with Crippen molar-refractivity contribution in [2.24, 2.45) is 0 Å². The van der Waals surface area contributed by atoms with E-state index in [2.05, 4.69) is 0 Å². The summed E-state index contributed by atoms with van der Waals surface area (Å²) in [7, 11) is -3.85. The molecule has 0 fully saturated rings. The minimum atomic E-state index is -3.85. The Bertz CT molecular complexity index is 1860.